The molecule has 0 atom stereocenters. The van der Waals surface area contributed by atoms with Gasteiger partial charge in [-0.2, -0.15) is 5.10 Å². The minimum absolute atomic E-state index is 0.699. The van der Waals surface area contributed by atoms with Gasteiger partial charge in [-0.3, -0.25) is 10.1 Å². The quantitative estimate of drug-likeness (QED) is 0.844. The van der Waals surface area contributed by atoms with E-state index in [4.69, 9.17) is 12.2 Å². The smallest absolute Gasteiger partial charge is 0.195 e. The number of nitrogens with one attached hydrogen (secondary N) is 1. The summed E-state index contributed by atoms with van der Waals surface area (Å²) in [5, 5.41) is 7.16. The summed E-state index contributed by atoms with van der Waals surface area (Å²) in [5.41, 5.74) is 1.01. The number of nitrogens with zero attached hydrogens (tertiary/aromatic N) is 3. The summed E-state index contributed by atoms with van der Waals surface area (Å²) in [7, 11) is 0. The van der Waals surface area contributed by atoms with Crippen LogP contribution in [0.3, 0.4) is 0 Å². The molecule has 0 bridgehead atoms. The Morgan fingerprint density at radius 1 is 1.47 bits per heavy atom. The molecule has 0 amide bonds. The highest BCUT2D eigenvalue weighted by atomic mass is 32.1. The van der Waals surface area contributed by atoms with Gasteiger partial charge in [0.05, 0.1) is 0 Å². The van der Waals surface area contributed by atoms with Crippen LogP contribution in [0.4, 0.5) is 0 Å². The van der Waals surface area contributed by atoms with E-state index in [2.05, 4.69) is 19.7 Å². The molecular formula is C12H14N4S. The molecule has 88 valence electrons. The van der Waals surface area contributed by atoms with Gasteiger partial charge in [-0.15, -0.1) is 0 Å². The van der Waals surface area contributed by atoms with Crippen LogP contribution in [0, 0.1) is 10.7 Å². The fourth-order valence-corrected chi connectivity index (χ4v) is 2.18. The molecule has 0 unspecified atom stereocenters. The Balaban J connectivity index is 1.91. The van der Waals surface area contributed by atoms with Crippen molar-refractivity contribution in [3.8, 4) is 11.4 Å². The van der Waals surface area contributed by atoms with Gasteiger partial charge < -0.3 is 4.57 Å². The van der Waals surface area contributed by atoms with Crippen LogP contribution in [0.2, 0.25) is 0 Å². The minimum atomic E-state index is 0.699. The van der Waals surface area contributed by atoms with Crippen molar-refractivity contribution < 1.29 is 0 Å². The van der Waals surface area contributed by atoms with Gasteiger partial charge in [-0.05, 0) is 36.7 Å². The largest absolute Gasteiger partial charge is 0.300 e. The molecule has 1 N–H and O–H groups in total. The van der Waals surface area contributed by atoms with E-state index in [-0.39, 0.29) is 0 Å². The normalized spacial score (nSPS) is 15.1. The maximum atomic E-state index is 5.27. The lowest BCUT2D eigenvalue weighted by Gasteiger charge is -2.05. The third kappa shape index (κ3) is 2.29. The van der Waals surface area contributed by atoms with E-state index < -0.39 is 0 Å². The molecule has 5 heteroatoms. The number of hydrogen-bond donors (Lipinski definition) is 1. The third-order valence-corrected chi connectivity index (χ3v) is 3.45. The van der Waals surface area contributed by atoms with Gasteiger partial charge in [-0.25, -0.2) is 0 Å². The molecule has 4 nitrogen and oxygen atoms in total. The van der Waals surface area contributed by atoms with Crippen LogP contribution in [-0.2, 0) is 6.54 Å². The molecule has 0 radical (unpaired) electrons. The van der Waals surface area contributed by atoms with Gasteiger partial charge in [0.1, 0.15) is 0 Å². The first-order valence-corrected chi connectivity index (χ1v) is 6.31. The fourth-order valence-electron chi connectivity index (χ4n) is 1.96. The van der Waals surface area contributed by atoms with Crippen LogP contribution >= 0.6 is 12.2 Å². The number of hydrogen-bond acceptors (Lipinski definition) is 3. The Morgan fingerprint density at radius 3 is 3.06 bits per heavy atom. The fraction of sp³-hybridized carbons (Fsp3) is 0.417. The van der Waals surface area contributed by atoms with E-state index in [1.807, 2.05) is 18.3 Å². The zero-order valence-electron chi connectivity index (χ0n) is 9.47. The van der Waals surface area contributed by atoms with Gasteiger partial charge in [0.25, 0.3) is 0 Å². The van der Waals surface area contributed by atoms with Gasteiger partial charge >= 0.3 is 0 Å². The summed E-state index contributed by atoms with van der Waals surface area (Å²) in [6.45, 7) is 0.949. The van der Waals surface area contributed by atoms with E-state index in [9.17, 15) is 0 Å². The summed E-state index contributed by atoms with van der Waals surface area (Å²) < 4.78 is 2.77. The Kier molecular flexibility index (Phi) is 2.76. The Hall–Kier alpha value is -1.49. The maximum absolute atomic E-state index is 5.27. The first-order chi connectivity index (χ1) is 8.34. The number of aromatic nitrogens is 4. The molecule has 2 heterocycles. The molecule has 0 spiro atoms. The second-order valence-electron chi connectivity index (χ2n) is 4.48. The summed E-state index contributed by atoms with van der Waals surface area (Å²) in [4.78, 5) is 4.12. The average molecular weight is 246 g/mol. The molecule has 2 aromatic rings. The van der Waals surface area contributed by atoms with Crippen LogP contribution in [0.15, 0.2) is 24.5 Å². The summed E-state index contributed by atoms with van der Waals surface area (Å²) >= 11 is 5.27. The van der Waals surface area contributed by atoms with Crippen molar-refractivity contribution >= 4 is 12.2 Å². The molecule has 0 saturated heterocycles. The number of rotatable bonds is 4. The van der Waals surface area contributed by atoms with Crippen LogP contribution < -0.4 is 0 Å². The molecule has 3 rings (SSSR count). The highest BCUT2D eigenvalue weighted by Gasteiger charge is 2.21. The first kappa shape index (κ1) is 10.7. The molecule has 0 aliphatic heterocycles. The Morgan fingerprint density at radius 2 is 2.35 bits per heavy atom. The van der Waals surface area contributed by atoms with Crippen molar-refractivity contribution in [3.63, 3.8) is 0 Å². The van der Waals surface area contributed by atoms with Crippen LogP contribution in [0.25, 0.3) is 11.4 Å². The van der Waals surface area contributed by atoms with E-state index >= 15 is 0 Å². The predicted molar refractivity (Wildman–Crippen MR) is 68.0 cm³/mol. The van der Waals surface area contributed by atoms with Crippen molar-refractivity contribution in [1.29, 1.82) is 0 Å². The highest BCUT2D eigenvalue weighted by molar-refractivity contribution is 7.71. The average Bonchev–Trinajstić information content (AvgIpc) is 3.12. The summed E-state index contributed by atoms with van der Waals surface area (Å²) in [6.07, 6.45) is 7.51. The van der Waals surface area contributed by atoms with Crippen molar-refractivity contribution in [2.75, 3.05) is 0 Å². The van der Waals surface area contributed by atoms with Crippen LogP contribution in [-0.4, -0.2) is 19.7 Å². The molecule has 17 heavy (non-hydrogen) atoms. The van der Waals surface area contributed by atoms with E-state index in [1.54, 1.807) is 6.20 Å². The van der Waals surface area contributed by atoms with Gasteiger partial charge in [-0.1, -0.05) is 12.8 Å². The lowest BCUT2D eigenvalue weighted by atomic mass is 10.2. The van der Waals surface area contributed by atoms with Crippen molar-refractivity contribution in [2.24, 2.45) is 5.92 Å². The molecular weight excluding hydrogens is 232 g/mol. The van der Waals surface area contributed by atoms with Gasteiger partial charge in [0.15, 0.2) is 10.6 Å². The third-order valence-electron chi connectivity index (χ3n) is 3.14. The van der Waals surface area contributed by atoms with E-state index in [0.29, 0.717) is 4.77 Å². The minimum Gasteiger partial charge on any atom is -0.300 e. The molecule has 1 aliphatic rings. The Labute approximate surface area is 105 Å². The predicted octanol–water partition coefficient (Wildman–Crippen LogP) is 2.80. The zero-order chi connectivity index (χ0) is 11.7. The van der Waals surface area contributed by atoms with Crippen LogP contribution in [0.1, 0.15) is 19.3 Å². The van der Waals surface area contributed by atoms with Gasteiger partial charge in [0, 0.05) is 24.5 Å². The topological polar surface area (TPSA) is 46.5 Å². The molecule has 1 fully saturated rings. The van der Waals surface area contributed by atoms with E-state index in [0.717, 1.165) is 23.9 Å². The molecule has 1 saturated carbocycles. The molecule has 0 aromatic carbocycles. The molecule has 2 aromatic heterocycles. The SMILES string of the molecule is S=c1[nH]nc(-c2cccnc2)n1CCC1CC1. The second-order valence-corrected chi connectivity index (χ2v) is 4.86. The first-order valence-electron chi connectivity index (χ1n) is 5.90. The maximum Gasteiger partial charge on any atom is 0.195 e. The lowest BCUT2D eigenvalue weighted by Crippen LogP contribution is -2.02. The standard InChI is InChI=1S/C12H14N4S/c17-12-15-14-11(10-2-1-6-13-8-10)16(12)7-5-9-3-4-9/h1-2,6,8-9H,3-5,7H2,(H,15,17). The number of aromatic amines is 1. The second kappa shape index (κ2) is 4.41. The summed E-state index contributed by atoms with van der Waals surface area (Å²) in [6, 6.07) is 3.92. The Bertz CT molecular complexity index is 553. The van der Waals surface area contributed by atoms with Crippen molar-refractivity contribution in [1.82, 2.24) is 19.7 Å². The highest BCUT2D eigenvalue weighted by Crippen LogP contribution is 2.33. The number of H-pyrrole nitrogens is 1. The van der Waals surface area contributed by atoms with Crippen LogP contribution in [0.5, 0.6) is 0 Å². The summed E-state index contributed by atoms with van der Waals surface area (Å²) in [5.74, 6) is 1.79. The monoisotopic (exact) mass is 246 g/mol. The van der Waals surface area contributed by atoms with Gasteiger partial charge in [0.2, 0.25) is 0 Å². The van der Waals surface area contributed by atoms with E-state index in [1.165, 1.54) is 19.3 Å². The van der Waals surface area contributed by atoms with Crippen molar-refractivity contribution in [2.45, 2.75) is 25.8 Å². The van der Waals surface area contributed by atoms with Crippen molar-refractivity contribution in [3.05, 3.63) is 29.3 Å². The molecule has 1 aliphatic carbocycles. The lowest BCUT2D eigenvalue weighted by molar-refractivity contribution is 0.594. The zero-order valence-corrected chi connectivity index (χ0v) is 10.3. The number of pyridine rings is 1.